The summed E-state index contributed by atoms with van der Waals surface area (Å²) < 4.78 is 1.67. The number of rotatable bonds is 3. The van der Waals surface area contributed by atoms with E-state index in [0.29, 0.717) is 11.4 Å². The molecule has 1 aromatic heterocycles. The van der Waals surface area contributed by atoms with Crippen LogP contribution < -0.4 is 0 Å². The Bertz CT molecular complexity index is 375. The van der Waals surface area contributed by atoms with Crippen LogP contribution in [-0.4, -0.2) is 16.6 Å². The summed E-state index contributed by atoms with van der Waals surface area (Å²) in [6.07, 6.45) is 3.93. The average molecular weight is 191 g/mol. The third-order valence-corrected chi connectivity index (χ3v) is 3.01. The van der Waals surface area contributed by atoms with E-state index in [1.54, 1.807) is 23.7 Å². The fourth-order valence-electron chi connectivity index (χ4n) is 1.77. The summed E-state index contributed by atoms with van der Waals surface area (Å²) in [5.41, 5.74) is 1.23. The first-order valence-electron chi connectivity index (χ1n) is 4.89. The molecule has 1 aliphatic carbocycles. The SMILES string of the molecule is Cn1c(C=O)ccc1C(=O)C1CCC1. The van der Waals surface area contributed by atoms with E-state index >= 15 is 0 Å². The smallest absolute Gasteiger partial charge is 0.182 e. The van der Waals surface area contributed by atoms with Crippen LogP contribution in [-0.2, 0) is 7.05 Å². The zero-order chi connectivity index (χ0) is 10.1. The van der Waals surface area contributed by atoms with E-state index in [0.717, 1.165) is 25.5 Å². The molecule has 1 aliphatic rings. The van der Waals surface area contributed by atoms with Gasteiger partial charge in [-0.15, -0.1) is 0 Å². The minimum atomic E-state index is 0.187. The Morgan fingerprint density at radius 3 is 2.64 bits per heavy atom. The number of Topliss-reactive ketones (excluding diaryl/α,β-unsaturated/α-hetero) is 1. The quantitative estimate of drug-likeness (QED) is 0.540. The first-order chi connectivity index (χ1) is 6.74. The molecule has 0 unspecified atom stereocenters. The normalized spacial score (nSPS) is 16.4. The zero-order valence-electron chi connectivity index (χ0n) is 8.19. The highest BCUT2D eigenvalue weighted by Crippen LogP contribution is 2.29. The van der Waals surface area contributed by atoms with Crippen LogP contribution in [0.3, 0.4) is 0 Å². The number of carbonyl (C=O) groups excluding carboxylic acids is 2. The van der Waals surface area contributed by atoms with Crippen molar-refractivity contribution in [1.29, 1.82) is 0 Å². The fourth-order valence-corrected chi connectivity index (χ4v) is 1.77. The lowest BCUT2D eigenvalue weighted by atomic mass is 9.81. The van der Waals surface area contributed by atoms with Crippen LogP contribution in [0.1, 0.15) is 40.2 Å². The number of hydrogen-bond donors (Lipinski definition) is 0. The molecule has 3 heteroatoms. The monoisotopic (exact) mass is 191 g/mol. The van der Waals surface area contributed by atoms with Gasteiger partial charge in [0.1, 0.15) is 0 Å². The van der Waals surface area contributed by atoms with E-state index in [2.05, 4.69) is 0 Å². The molecule has 0 N–H and O–H groups in total. The van der Waals surface area contributed by atoms with Gasteiger partial charge in [0, 0.05) is 13.0 Å². The predicted molar refractivity (Wildman–Crippen MR) is 52.5 cm³/mol. The molecule has 0 saturated heterocycles. The van der Waals surface area contributed by atoms with Crippen molar-refractivity contribution in [3.63, 3.8) is 0 Å². The van der Waals surface area contributed by atoms with Crippen LogP contribution >= 0.6 is 0 Å². The summed E-state index contributed by atoms with van der Waals surface area (Å²) in [5, 5.41) is 0. The molecule has 0 atom stereocenters. The Balaban J connectivity index is 2.26. The van der Waals surface area contributed by atoms with Crippen molar-refractivity contribution in [2.45, 2.75) is 19.3 Å². The molecule has 0 radical (unpaired) electrons. The summed E-state index contributed by atoms with van der Waals surface area (Å²) in [7, 11) is 1.76. The molecule has 0 aromatic carbocycles. The number of aldehydes is 1. The van der Waals surface area contributed by atoms with Crippen LogP contribution in [0.5, 0.6) is 0 Å². The topological polar surface area (TPSA) is 39.1 Å². The summed E-state index contributed by atoms with van der Waals surface area (Å²) in [6.45, 7) is 0. The summed E-state index contributed by atoms with van der Waals surface area (Å²) in [4.78, 5) is 22.4. The van der Waals surface area contributed by atoms with Crippen LogP contribution in [0.15, 0.2) is 12.1 Å². The van der Waals surface area contributed by atoms with Crippen molar-refractivity contribution in [3.8, 4) is 0 Å². The van der Waals surface area contributed by atoms with Crippen LogP contribution in [0, 0.1) is 5.92 Å². The lowest BCUT2D eigenvalue weighted by molar-refractivity contribution is 0.0846. The van der Waals surface area contributed by atoms with Crippen LogP contribution in [0.25, 0.3) is 0 Å². The van der Waals surface area contributed by atoms with Gasteiger partial charge in [0.15, 0.2) is 12.1 Å². The standard InChI is InChI=1S/C11H13NO2/c1-12-9(7-13)5-6-10(12)11(14)8-3-2-4-8/h5-8H,2-4H2,1H3. The predicted octanol–water partition coefficient (Wildman–Crippen LogP) is 1.82. The maximum Gasteiger partial charge on any atom is 0.182 e. The second kappa shape index (κ2) is 3.40. The lowest BCUT2D eigenvalue weighted by Crippen LogP contribution is -2.24. The Kier molecular flexibility index (Phi) is 2.23. The van der Waals surface area contributed by atoms with E-state index in [-0.39, 0.29) is 11.7 Å². The van der Waals surface area contributed by atoms with Crippen molar-refractivity contribution < 1.29 is 9.59 Å². The van der Waals surface area contributed by atoms with Gasteiger partial charge in [-0.3, -0.25) is 9.59 Å². The second-order valence-corrected chi connectivity index (χ2v) is 3.81. The fraction of sp³-hybridized carbons (Fsp3) is 0.455. The minimum Gasteiger partial charge on any atom is -0.339 e. The molecular formula is C11H13NO2. The highest BCUT2D eigenvalue weighted by molar-refractivity contribution is 5.98. The maximum absolute atomic E-state index is 11.8. The maximum atomic E-state index is 11.8. The molecule has 0 amide bonds. The number of ketones is 1. The molecule has 0 spiro atoms. The Labute approximate surface area is 82.7 Å². The van der Waals surface area contributed by atoms with E-state index in [1.165, 1.54) is 0 Å². The van der Waals surface area contributed by atoms with E-state index < -0.39 is 0 Å². The van der Waals surface area contributed by atoms with E-state index in [9.17, 15) is 9.59 Å². The summed E-state index contributed by atoms with van der Waals surface area (Å²) >= 11 is 0. The average Bonchev–Trinajstić information content (AvgIpc) is 2.43. The number of carbonyl (C=O) groups is 2. The first-order valence-corrected chi connectivity index (χ1v) is 4.89. The first kappa shape index (κ1) is 9.19. The van der Waals surface area contributed by atoms with E-state index in [1.807, 2.05) is 0 Å². The van der Waals surface area contributed by atoms with Gasteiger partial charge in [-0.05, 0) is 25.0 Å². The number of hydrogen-bond acceptors (Lipinski definition) is 2. The molecule has 1 heterocycles. The van der Waals surface area contributed by atoms with Crippen molar-refractivity contribution in [2.24, 2.45) is 13.0 Å². The molecule has 0 aliphatic heterocycles. The Hall–Kier alpha value is -1.38. The van der Waals surface area contributed by atoms with Gasteiger partial charge in [0.25, 0.3) is 0 Å². The van der Waals surface area contributed by atoms with Crippen molar-refractivity contribution >= 4 is 12.1 Å². The molecule has 1 aromatic rings. The molecule has 14 heavy (non-hydrogen) atoms. The van der Waals surface area contributed by atoms with Gasteiger partial charge in [0.05, 0.1) is 11.4 Å². The summed E-state index contributed by atoms with van der Waals surface area (Å²) in [6, 6.07) is 3.43. The number of aromatic nitrogens is 1. The van der Waals surface area contributed by atoms with Gasteiger partial charge in [-0.1, -0.05) is 6.42 Å². The van der Waals surface area contributed by atoms with Gasteiger partial charge < -0.3 is 4.57 Å². The Morgan fingerprint density at radius 1 is 1.50 bits per heavy atom. The van der Waals surface area contributed by atoms with Crippen molar-refractivity contribution in [3.05, 3.63) is 23.5 Å². The molecule has 3 nitrogen and oxygen atoms in total. The van der Waals surface area contributed by atoms with Crippen molar-refractivity contribution in [2.75, 3.05) is 0 Å². The molecule has 2 rings (SSSR count). The van der Waals surface area contributed by atoms with Gasteiger partial charge in [-0.2, -0.15) is 0 Å². The van der Waals surface area contributed by atoms with Crippen LogP contribution in [0.4, 0.5) is 0 Å². The molecule has 1 fully saturated rings. The highest BCUT2D eigenvalue weighted by Gasteiger charge is 2.27. The molecule has 74 valence electrons. The summed E-state index contributed by atoms with van der Waals surface area (Å²) in [5.74, 6) is 0.384. The third-order valence-electron chi connectivity index (χ3n) is 3.01. The van der Waals surface area contributed by atoms with Gasteiger partial charge >= 0.3 is 0 Å². The van der Waals surface area contributed by atoms with Gasteiger partial charge in [0.2, 0.25) is 0 Å². The van der Waals surface area contributed by atoms with E-state index in [4.69, 9.17) is 0 Å². The van der Waals surface area contributed by atoms with Crippen molar-refractivity contribution in [1.82, 2.24) is 4.57 Å². The molecule has 1 saturated carbocycles. The highest BCUT2D eigenvalue weighted by atomic mass is 16.1. The zero-order valence-corrected chi connectivity index (χ0v) is 8.19. The molecule has 0 bridgehead atoms. The Morgan fingerprint density at radius 2 is 2.21 bits per heavy atom. The number of nitrogens with zero attached hydrogens (tertiary/aromatic N) is 1. The lowest BCUT2D eigenvalue weighted by Gasteiger charge is -2.23. The largest absolute Gasteiger partial charge is 0.339 e. The molecular weight excluding hydrogens is 178 g/mol. The third kappa shape index (κ3) is 1.29. The van der Waals surface area contributed by atoms with Gasteiger partial charge in [-0.25, -0.2) is 0 Å². The minimum absolute atomic E-state index is 0.187. The van der Waals surface area contributed by atoms with Crippen LogP contribution in [0.2, 0.25) is 0 Å². The second-order valence-electron chi connectivity index (χ2n) is 3.81.